The smallest absolute Gasteiger partial charge is 0.230 e. The number of hydroxylamine groups is 1. The molecule has 27 heavy (non-hydrogen) atoms. The third-order valence-corrected chi connectivity index (χ3v) is 4.05. The first-order valence-corrected chi connectivity index (χ1v) is 9.41. The fraction of sp³-hybridized carbons (Fsp3) is 0.875. The van der Waals surface area contributed by atoms with E-state index in [-0.39, 0.29) is 18.2 Å². The minimum absolute atomic E-state index is 0.0542. The molecule has 0 bridgehead atoms. The number of nitrogens with one attached hydrogen (secondary N) is 3. The molecule has 0 rings (SSSR count). The summed E-state index contributed by atoms with van der Waals surface area (Å²) < 4.78 is 0. The summed E-state index contributed by atoms with van der Waals surface area (Å²) in [5.74, 6) is -0.819. The van der Waals surface area contributed by atoms with E-state index in [4.69, 9.17) is 17.0 Å². The van der Waals surface area contributed by atoms with Gasteiger partial charge in [-0.25, -0.2) is 0 Å². The number of Topliss-reactive ketones (excluding diaryl/α,β-unsaturated/α-hetero) is 1. The molecule has 0 fully saturated rings. The van der Waals surface area contributed by atoms with Crippen LogP contribution in [0.4, 0.5) is 0 Å². The maximum absolute atomic E-state index is 12.7. The lowest BCUT2D eigenvalue weighted by atomic mass is 9.98. The van der Waals surface area contributed by atoms with Gasteiger partial charge in [-0.15, -0.1) is 0 Å². The molecule has 0 aliphatic heterocycles. The predicted octanol–water partition coefficient (Wildman–Crippen LogP) is -0.522. The highest BCUT2D eigenvalue weighted by Crippen LogP contribution is 2.07. The fourth-order valence-corrected chi connectivity index (χ4v) is 2.55. The van der Waals surface area contributed by atoms with Gasteiger partial charge in [0.25, 0.3) is 0 Å². The summed E-state index contributed by atoms with van der Waals surface area (Å²) >= 11 is 0. The van der Waals surface area contributed by atoms with Crippen molar-refractivity contribution in [2.75, 3.05) is 19.6 Å². The first-order valence-electron chi connectivity index (χ1n) is 9.41. The van der Waals surface area contributed by atoms with Crippen molar-refractivity contribution in [2.45, 2.75) is 64.6 Å². The number of carbonyl (C=O) groups excluding carboxylic acids is 2. The zero-order valence-electron chi connectivity index (χ0n) is 16.3. The highest BCUT2D eigenvalue weighted by molar-refractivity contribution is 5.85. The summed E-state index contributed by atoms with van der Waals surface area (Å²) in [6.07, 6.45) is 2.92. The highest BCUT2D eigenvalue weighted by Gasteiger charge is 2.26. The number of rotatable bonds is 16. The van der Waals surface area contributed by atoms with Gasteiger partial charge in [0.05, 0.1) is 0 Å². The third kappa shape index (κ3) is 11.5. The second kappa shape index (κ2) is 15.3. The number of ketones is 1. The van der Waals surface area contributed by atoms with Gasteiger partial charge in [-0.3, -0.25) is 14.8 Å². The molecule has 0 aromatic rings. The maximum atomic E-state index is 12.7. The summed E-state index contributed by atoms with van der Waals surface area (Å²) in [5.41, 5.74) is 22.1. The Morgan fingerprint density at radius 2 is 1.74 bits per heavy atom. The van der Waals surface area contributed by atoms with E-state index < -0.39 is 23.3 Å². The van der Waals surface area contributed by atoms with Crippen molar-refractivity contribution in [3.8, 4) is 0 Å². The van der Waals surface area contributed by atoms with Gasteiger partial charge in [0.2, 0.25) is 5.91 Å². The lowest BCUT2D eigenvalue weighted by Gasteiger charge is -2.34. The highest BCUT2D eigenvalue weighted by atomic mass is 16.5. The number of nitrogens with zero attached hydrogens (tertiary/aromatic N) is 3. The van der Waals surface area contributed by atoms with E-state index >= 15 is 0 Å². The minimum Gasteiger partial charge on any atom is -0.612 e. The summed E-state index contributed by atoms with van der Waals surface area (Å²) in [5, 5.41) is 18.0. The molecule has 11 nitrogen and oxygen atoms in total. The summed E-state index contributed by atoms with van der Waals surface area (Å²) in [7, 11) is 0. The number of hydrogen-bond donors (Lipinski definition) is 5. The van der Waals surface area contributed by atoms with Crippen LogP contribution in [0.25, 0.3) is 10.4 Å². The normalized spacial score (nSPS) is 14.3. The number of hydrogen-bond acceptors (Lipinski definition) is 7. The average Bonchev–Trinajstić information content (AvgIpc) is 2.64. The second-order valence-electron chi connectivity index (χ2n) is 6.70. The minimum atomic E-state index is -0.810. The lowest BCUT2D eigenvalue weighted by molar-refractivity contribution is -0.926. The molecule has 0 aromatic carbocycles. The summed E-state index contributed by atoms with van der Waals surface area (Å²) in [6, 6.07) is -0.616. The summed E-state index contributed by atoms with van der Waals surface area (Å²) in [4.78, 5) is 26.8. The van der Waals surface area contributed by atoms with Crippen LogP contribution in [0.3, 0.4) is 0 Å². The predicted molar refractivity (Wildman–Crippen MR) is 103 cm³/mol. The van der Waals surface area contributed by atoms with E-state index in [1.165, 1.54) is 0 Å². The number of amides is 1. The van der Waals surface area contributed by atoms with Crippen molar-refractivity contribution < 1.29 is 14.8 Å². The molecular weight excluding hydrogens is 352 g/mol. The largest absolute Gasteiger partial charge is 0.612 e. The molecule has 156 valence electrons. The Balaban J connectivity index is 5.02. The van der Waals surface area contributed by atoms with Crippen molar-refractivity contribution in [1.29, 1.82) is 0 Å². The van der Waals surface area contributed by atoms with Gasteiger partial charge in [0.15, 0.2) is 11.9 Å². The van der Waals surface area contributed by atoms with Crippen molar-refractivity contribution in [3.05, 3.63) is 15.7 Å². The standard InChI is InChI=1S/C16H34N8O3/c1-12(2)16(26)13(7-3-5-9-17)22-24(27)14(8-4-6-10-18)21-15(25)11-20-23-19/h12-14,22,24H,3-11,17-18H2,1-2H3,(H,21,25)/t13?,14-/m1/s1. The van der Waals surface area contributed by atoms with Gasteiger partial charge in [-0.1, -0.05) is 19.0 Å². The molecule has 11 heteroatoms. The van der Waals surface area contributed by atoms with Gasteiger partial charge in [-0.2, -0.15) is 5.43 Å². The summed E-state index contributed by atoms with van der Waals surface area (Å²) in [6.45, 7) is 4.18. The Labute approximate surface area is 160 Å². The van der Waals surface area contributed by atoms with Crippen LogP contribution in [0.15, 0.2) is 5.11 Å². The SMILES string of the molecule is CC(C)C(=O)C(CCCCN)N[NH+]([O-])[C@H](CCCCN)NC(=O)CN=[N+]=[N-]. The maximum Gasteiger partial charge on any atom is 0.230 e. The third-order valence-electron chi connectivity index (χ3n) is 4.05. The quantitative estimate of drug-likeness (QED) is 0.0592. The topological polar surface area (TPSA) is 187 Å². The lowest BCUT2D eigenvalue weighted by Crippen LogP contribution is -3.20. The van der Waals surface area contributed by atoms with Crippen molar-refractivity contribution in [2.24, 2.45) is 22.5 Å². The Bertz CT molecular complexity index is 482. The molecule has 2 unspecified atom stereocenters. The molecule has 0 aliphatic rings. The molecule has 0 heterocycles. The second-order valence-corrected chi connectivity index (χ2v) is 6.70. The van der Waals surface area contributed by atoms with Crippen LogP contribution in [-0.2, 0) is 9.59 Å². The van der Waals surface area contributed by atoms with Crippen LogP contribution in [0.2, 0.25) is 0 Å². The van der Waals surface area contributed by atoms with Gasteiger partial charge in [0.1, 0.15) is 12.6 Å². The molecule has 3 atom stereocenters. The van der Waals surface area contributed by atoms with Crippen LogP contribution in [0, 0.1) is 11.1 Å². The zero-order chi connectivity index (χ0) is 20.7. The van der Waals surface area contributed by atoms with Gasteiger partial charge < -0.3 is 22.0 Å². The van der Waals surface area contributed by atoms with Crippen molar-refractivity contribution >= 4 is 11.7 Å². The van der Waals surface area contributed by atoms with Crippen molar-refractivity contribution in [1.82, 2.24) is 10.7 Å². The first kappa shape index (κ1) is 25.2. The van der Waals surface area contributed by atoms with Crippen LogP contribution >= 0.6 is 0 Å². The molecule has 0 aliphatic carbocycles. The Morgan fingerprint density at radius 3 is 2.26 bits per heavy atom. The van der Waals surface area contributed by atoms with Crippen LogP contribution < -0.4 is 27.4 Å². The molecule has 7 N–H and O–H groups in total. The van der Waals surface area contributed by atoms with E-state index in [1.807, 2.05) is 0 Å². The monoisotopic (exact) mass is 386 g/mol. The molecule has 1 amide bonds. The van der Waals surface area contributed by atoms with Crippen molar-refractivity contribution in [3.63, 3.8) is 0 Å². The first-order chi connectivity index (χ1) is 12.9. The zero-order valence-corrected chi connectivity index (χ0v) is 16.3. The van der Waals surface area contributed by atoms with E-state index in [0.717, 1.165) is 12.8 Å². The molecular formula is C16H34N8O3. The van der Waals surface area contributed by atoms with Gasteiger partial charge >= 0.3 is 0 Å². The Kier molecular flexibility index (Phi) is 14.3. The Hall–Kier alpha value is -1.75. The van der Waals surface area contributed by atoms with Gasteiger partial charge in [0, 0.05) is 17.3 Å². The molecule has 0 saturated carbocycles. The number of azide groups is 1. The fourth-order valence-electron chi connectivity index (χ4n) is 2.55. The number of nitrogens with two attached hydrogens (primary N) is 2. The molecule has 0 radical (unpaired) electrons. The molecule has 0 saturated heterocycles. The average molecular weight is 387 g/mol. The van der Waals surface area contributed by atoms with E-state index in [1.54, 1.807) is 13.8 Å². The van der Waals surface area contributed by atoms with Crippen LogP contribution in [0.1, 0.15) is 52.4 Å². The number of quaternary nitrogens is 1. The van der Waals surface area contributed by atoms with Crippen LogP contribution in [-0.4, -0.2) is 43.5 Å². The number of unbranched alkanes of at least 4 members (excludes halogenated alkanes) is 2. The molecule has 0 spiro atoms. The van der Waals surface area contributed by atoms with E-state index in [2.05, 4.69) is 20.8 Å². The molecule has 0 aromatic heterocycles. The van der Waals surface area contributed by atoms with E-state index in [0.29, 0.717) is 38.8 Å². The Morgan fingerprint density at radius 1 is 1.15 bits per heavy atom. The number of carbonyl (C=O) groups is 2. The van der Waals surface area contributed by atoms with E-state index in [9.17, 15) is 14.8 Å². The van der Waals surface area contributed by atoms with Gasteiger partial charge in [-0.05, 0) is 50.7 Å². The van der Waals surface area contributed by atoms with Crippen LogP contribution in [0.5, 0.6) is 0 Å².